The lowest BCUT2D eigenvalue weighted by Crippen LogP contribution is -2.51. The molecule has 0 heterocycles. The van der Waals surface area contributed by atoms with Crippen molar-refractivity contribution in [3.05, 3.63) is 0 Å². The van der Waals surface area contributed by atoms with E-state index in [-0.39, 0.29) is 12.1 Å². The van der Waals surface area contributed by atoms with Gasteiger partial charge in [0, 0.05) is 24.8 Å². The summed E-state index contributed by atoms with van der Waals surface area (Å²) in [6.45, 7) is 8.40. The smallest absolute Gasteiger partial charge is 0.0613 e. The minimum absolute atomic E-state index is 0.120. The molecule has 1 aliphatic rings. The van der Waals surface area contributed by atoms with E-state index in [0.29, 0.717) is 6.04 Å². The quantitative estimate of drug-likeness (QED) is 0.600. The molecule has 3 nitrogen and oxygen atoms in total. The van der Waals surface area contributed by atoms with E-state index < -0.39 is 0 Å². The molecule has 0 spiro atoms. The summed E-state index contributed by atoms with van der Waals surface area (Å²) < 4.78 is 5.80. The van der Waals surface area contributed by atoms with Crippen LogP contribution >= 0.6 is 0 Å². The number of aliphatic hydroxyl groups excluding tert-OH is 1. The Morgan fingerprint density at radius 3 is 2.53 bits per heavy atom. The molecule has 19 heavy (non-hydrogen) atoms. The summed E-state index contributed by atoms with van der Waals surface area (Å²) in [5.74, 6) is 0.808. The fourth-order valence-electron chi connectivity index (χ4n) is 3.14. The first-order chi connectivity index (χ1) is 9.12. The van der Waals surface area contributed by atoms with Crippen LogP contribution in [0.2, 0.25) is 0 Å². The molecule has 0 saturated heterocycles. The average molecular weight is 271 g/mol. The molecular weight excluding hydrogens is 238 g/mol. The maximum atomic E-state index is 9.65. The van der Waals surface area contributed by atoms with Gasteiger partial charge in [-0.05, 0) is 38.0 Å². The van der Waals surface area contributed by atoms with Crippen molar-refractivity contribution >= 4 is 0 Å². The third-order valence-electron chi connectivity index (χ3n) is 4.35. The van der Waals surface area contributed by atoms with Crippen molar-refractivity contribution in [3.8, 4) is 0 Å². The van der Waals surface area contributed by atoms with Crippen LogP contribution < -0.4 is 5.32 Å². The zero-order valence-electron chi connectivity index (χ0n) is 13.1. The molecule has 0 aliphatic heterocycles. The van der Waals surface area contributed by atoms with Gasteiger partial charge in [-0.3, -0.25) is 0 Å². The molecule has 1 unspecified atom stereocenters. The summed E-state index contributed by atoms with van der Waals surface area (Å²) in [6.07, 6.45) is 8.45. The van der Waals surface area contributed by atoms with Gasteiger partial charge in [0.25, 0.3) is 0 Å². The molecule has 1 aliphatic carbocycles. The van der Waals surface area contributed by atoms with E-state index in [2.05, 4.69) is 26.1 Å². The Kier molecular flexibility index (Phi) is 7.96. The van der Waals surface area contributed by atoms with Crippen LogP contribution in [0.15, 0.2) is 0 Å². The molecule has 0 amide bonds. The largest absolute Gasteiger partial charge is 0.394 e. The highest BCUT2D eigenvalue weighted by Gasteiger charge is 2.27. The van der Waals surface area contributed by atoms with Gasteiger partial charge in [0.1, 0.15) is 0 Å². The Morgan fingerprint density at radius 1 is 1.32 bits per heavy atom. The van der Waals surface area contributed by atoms with Crippen LogP contribution in [-0.2, 0) is 4.74 Å². The normalized spacial score (nSPS) is 20.1. The fraction of sp³-hybridized carbons (Fsp3) is 1.00. The molecule has 0 bridgehead atoms. The predicted octanol–water partition coefficient (Wildman–Crippen LogP) is 3.11. The summed E-state index contributed by atoms with van der Waals surface area (Å²) in [6, 6.07) is 0.409. The van der Waals surface area contributed by atoms with Crippen molar-refractivity contribution < 1.29 is 9.84 Å². The summed E-state index contributed by atoms with van der Waals surface area (Å²) >= 11 is 0. The van der Waals surface area contributed by atoms with Gasteiger partial charge in [0.2, 0.25) is 0 Å². The van der Waals surface area contributed by atoms with Gasteiger partial charge < -0.3 is 15.2 Å². The summed E-state index contributed by atoms with van der Waals surface area (Å²) in [5, 5.41) is 13.2. The Bertz CT molecular complexity index is 221. The maximum Gasteiger partial charge on any atom is 0.0613 e. The lowest BCUT2D eigenvalue weighted by atomic mass is 9.90. The highest BCUT2D eigenvalue weighted by Crippen LogP contribution is 2.25. The van der Waals surface area contributed by atoms with E-state index in [1.54, 1.807) is 0 Å². The lowest BCUT2D eigenvalue weighted by Gasteiger charge is -2.34. The van der Waals surface area contributed by atoms with Crippen molar-refractivity contribution in [3.63, 3.8) is 0 Å². The van der Waals surface area contributed by atoms with Crippen LogP contribution in [-0.4, -0.2) is 36.5 Å². The van der Waals surface area contributed by atoms with Gasteiger partial charge in [-0.1, -0.05) is 33.6 Å². The van der Waals surface area contributed by atoms with E-state index in [0.717, 1.165) is 38.4 Å². The van der Waals surface area contributed by atoms with Crippen LogP contribution in [0.3, 0.4) is 0 Å². The average Bonchev–Trinajstić information content (AvgIpc) is 2.89. The van der Waals surface area contributed by atoms with Crippen LogP contribution in [0.5, 0.6) is 0 Å². The first-order valence-electron chi connectivity index (χ1n) is 8.08. The monoisotopic (exact) mass is 271 g/mol. The van der Waals surface area contributed by atoms with Crippen molar-refractivity contribution in [2.75, 3.05) is 19.8 Å². The molecule has 3 heteroatoms. The van der Waals surface area contributed by atoms with Crippen LogP contribution in [0.25, 0.3) is 0 Å². The number of hydrogen-bond donors (Lipinski definition) is 2. The van der Waals surface area contributed by atoms with Gasteiger partial charge in [0.15, 0.2) is 0 Å². The molecule has 1 fully saturated rings. The third kappa shape index (κ3) is 6.24. The molecule has 0 aromatic rings. The molecule has 2 N–H and O–H groups in total. The molecule has 1 rings (SSSR count). The standard InChI is InChI=1S/C16H33NO2/c1-4-16(13-18,17-14(2)3)10-7-11-19-12-15-8-5-6-9-15/h14-15,17-18H,4-13H2,1-3H3. The van der Waals surface area contributed by atoms with Crippen molar-refractivity contribution in [2.45, 2.75) is 77.3 Å². The third-order valence-corrected chi connectivity index (χ3v) is 4.35. The fourth-order valence-corrected chi connectivity index (χ4v) is 3.14. The minimum atomic E-state index is -0.120. The molecule has 0 aromatic heterocycles. The Hall–Kier alpha value is -0.120. The lowest BCUT2D eigenvalue weighted by molar-refractivity contribution is 0.0805. The molecular formula is C16H33NO2. The van der Waals surface area contributed by atoms with Gasteiger partial charge in [-0.15, -0.1) is 0 Å². The molecule has 0 radical (unpaired) electrons. The topological polar surface area (TPSA) is 41.5 Å². The zero-order valence-corrected chi connectivity index (χ0v) is 13.1. The number of aliphatic hydroxyl groups is 1. The molecule has 1 saturated carbocycles. The highest BCUT2D eigenvalue weighted by molar-refractivity contribution is 4.87. The van der Waals surface area contributed by atoms with Gasteiger partial charge in [-0.2, -0.15) is 0 Å². The first kappa shape index (κ1) is 16.9. The number of nitrogens with one attached hydrogen (secondary N) is 1. The van der Waals surface area contributed by atoms with E-state index >= 15 is 0 Å². The molecule has 0 aromatic carbocycles. The van der Waals surface area contributed by atoms with Gasteiger partial charge in [0.05, 0.1) is 6.61 Å². The number of hydrogen-bond acceptors (Lipinski definition) is 3. The molecule has 1 atom stereocenters. The van der Waals surface area contributed by atoms with Gasteiger partial charge in [-0.25, -0.2) is 0 Å². The van der Waals surface area contributed by atoms with E-state index in [1.807, 2.05) is 0 Å². The second kappa shape index (κ2) is 8.93. The zero-order chi connectivity index (χ0) is 14.1. The van der Waals surface area contributed by atoms with E-state index in [9.17, 15) is 5.11 Å². The number of ether oxygens (including phenoxy) is 1. The van der Waals surface area contributed by atoms with Crippen molar-refractivity contribution in [2.24, 2.45) is 5.92 Å². The summed E-state index contributed by atoms with van der Waals surface area (Å²) in [4.78, 5) is 0. The number of rotatable bonds is 10. The van der Waals surface area contributed by atoms with E-state index in [4.69, 9.17) is 4.74 Å². The first-order valence-corrected chi connectivity index (χ1v) is 8.08. The van der Waals surface area contributed by atoms with Crippen LogP contribution in [0.4, 0.5) is 0 Å². The summed E-state index contributed by atoms with van der Waals surface area (Å²) in [7, 11) is 0. The Labute approximate surface area is 119 Å². The second-order valence-corrected chi connectivity index (χ2v) is 6.42. The minimum Gasteiger partial charge on any atom is -0.394 e. The maximum absolute atomic E-state index is 9.65. The summed E-state index contributed by atoms with van der Waals surface area (Å²) in [5.41, 5.74) is -0.120. The predicted molar refractivity (Wildman–Crippen MR) is 80.4 cm³/mol. The SMILES string of the molecule is CCC(CO)(CCCOCC1CCCC1)NC(C)C. The second-order valence-electron chi connectivity index (χ2n) is 6.42. The van der Waals surface area contributed by atoms with Crippen molar-refractivity contribution in [1.29, 1.82) is 0 Å². The van der Waals surface area contributed by atoms with E-state index in [1.165, 1.54) is 25.7 Å². The van der Waals surface area contributed by atoms with Crippen molar-refractivity contribution in [1.82, 2.24) is 5.32 Å². The van der Waals surface area contributed by atoms with Gasteiger partial charge >= 0.3 is 0 Å². The van der Waals surface area contributed by atoms with Crippen LogP contribution in [0, 0.1) is 5.92 Å². The molecule has 114 valence electrons. The highest BCUT2D eigenvalue weighted by atomic mass is 16.5. The Morgan fingerprint density at radius 2 is 2.00 bits per heavy atom. The Balaban J connectivity index is 2.16. The van der Waals surface area contributed by atoms with Crippen LogP contribution in [0.1, 0.15) is 65.7 Å².